The molecule has 59 heavy (non-hydrogen) atoms. The molecule has 0 unspecified atom stereocenters. The zero-order valence-corrected chi connectivity index (χ0v) is 35.2. The summed E-state index contributed by atoms with van der Waals surface area (Å²) in [5, 5.41) is 24.8. The third kappa shape index (κ3) is 36.8. The van der Waals surface area contributed by atoms with E-state index in [4.69, 9.17) is 61.6 Å². The number of ether oxygens (including phenoxy) is 13. The maximum absolute atomic E-state index is 11.2. The molecule has 0 aliphatic carbocycles. The van der Waals surface area contributed by atoms with Crippen LogP contribution in [0.5, 0.6) is 0 Å². The van der Waals surface area contributed by atoms with Gasteiger partial charge in [0.25, 0.3) is 11.4 Å². The van der Waals surface area contributed by atoms with Crippen LogP contribution in [-0.4, -0.2) is 188 Å². The summed E-state index contributed by atoms with van der Waals surface area (Å²) in [5.41, 5.74) is -0.529. The molecule has 0 radical (unpaired) electrons. The molecule has 1 aromatic carbocycles. The second kappa shape index (κ2) is 43.4. The second-order valence-corrected chi connectivity index (χ2v) is 12.5. The largest absolute Gasteiger partial charge is 0.379 e. The van der Waals surface area contributed by atoms with Crippen LogP contribution in [0.2, 0.25) is 0 Å². The predicted octanol–water partition coefficient (Wildman–Crippen LogP) is 4.10. The summed E-state index contributed by atoms with van der Waals surface area (Å²) in [7, 11) is 0. The van der Waals surface area contributed by atoms with Crippen molar-refractivity contribution >= 4 is 17.1 Å². The molecule has 20 nitrogen and oxygen atoms in total. The highest BCUT2D eigenvalue weighted by atomic mass is 16.6. The molecule has 0 aliphatic rings. The Balaban J connectivity index is 1.67. The van der Waals surface area contributed by atoms with Crippen molar-refractivity contribution in [1.82, 2.24) is 0 Å². The van der Waals surface area contributed by atoms with Crippen LogP contribution in [0.15, 0.2) is 18.2 Å². The zero-order chi connectivity index (χ0) is 42.5. The molecule has 0 saturated heterocycles. The van der Waals surface area contributed by atoms with E-state index >= 15 is 0 Å². The SMILES string of the molecule is CCCCCCCOCCOCCOCCOCCOCCOCCOCCOCCOCCOCCOCCOCCOCCNc1ccc([N+](=O)[O-])cc1[N+](=O)[O-]. The molecule has 0 heterocycles. The van der Waals surface area contributed by atoms with E-state index in [1.165, 1.54) is 37.8 Å². The van der Waals surface area contributed by atoms with Crippen molar-refractivity contribution in [3.8, 4) is 0 Å². The van der Waals surface area contributed by atoms with Crippen LogP contribution in [0.3, 0.4) is 0 Å². The summed E-state index contributed by atoms with van der Waals surface area (Å²) in [5.74, 6) is 0. The summed E-state index contributed by atoms with van der Waals surface area (Å²) >= 11 is 0. The van der Waals surface area contributed by atoms with Gasteiger partial charge in [-0.3, -0.25) is 20.2 Å². The van der Waals surface area contributed by atoms with Crippen LogP contribution in [-0.2, 0) is 61.6 Å². The molecular weight excluding hydrogens is 782 g/mol. The van der Waals surface area contributed by atoms with E-state index in [2.05, 4.69) is 12.2 Å². The van der Waals surface area contributed by atoms with E-state index in [1.54, 1.807) is 0 Å². The number of hydrogen-bond acceptors (Lipinski definition) is 18. The Bertz CT molecular complexity index is 1100. The minimum Gasteiger partial charge on any atom is -0.379 e. The Kier molecular flexibility index (Phi) is 39.9. The monoisotopic (exact) mass is 853 g/mol. The average Bonchev–Trinajstić information content (AvgIpc) is 3.23. The minimum absolute atomic E-state index is 0.185. The molecule has 1 rings (SSSR count). The summed E-state index contributed by atoms with van der Waals surface area (Å²) in [6, 6.07) is 3.43. The number of nitrogens with one attached hydrogen (secondary N) is 1. The third-order valence-electron chi connectivity index (χ3n) is 7.81. The van der Waals surface area contributed by atoms with E-state index in [0.717, 1.165) is 19.1 Å². The van der Waals surface area contributed by atoms with E-state index in [-0.39, 0.29) is 30.2 Å². The van der Waals surface area contributed by atoms with Crippen LogP contribution < -0.4 is 5.32 Å². The van der Waals surface area contributed by atoms with Gasteiger partial charge in [-0.05, 0) is 12.5 Å². The molecule has 0 bridgehead atoms. The lowest BCUT2D eigenvalue weighted by Crippen LogP contribution is -2.16. The number of unbranched alkanes of at least 4 members (excludes halogenated alkanes) is 4. The highest BCUT2D eigenvalue weighted by Crippen LogP contribution is 2.28. The van der Waals surface area contributed by atoms with Gasteiger partial charge in [-0.15, -0.1) is 0 Å². The Morgan fingerprint density at radius 2 is 0.712 bits per heavy atom. The summed E-state index contributed by atoms with van der Waals surface area (Å²) < 4.78 is 71.3. The maximum atomic E-state index is 11.2. The normalized spacial score (nSPS) is 11.4. The lowest BCUT2D eigenvalue weighted by Gasteiger charge is -2.09. The van der Waals surface area contributed by atoms with Crippen LogP contribution >= 0.6 is 0 Å². The fourth-order valence-corrected chi connectivity index (χ4v) is 4.74. The minimum atomic E-state index is -0.681. The van der Waals surface area contributed by atoms with Crippen molar-refractivity contribution in [1.29, 1.82) is 0 Å². The van der Waals surface area contributed by atoms with Crippen molar-refractivity contribution in [3.05, 3.63) is 38.4 Å². The van der Waals surface area contributed by atoms with Crippen molar-refractivity contribution in [3.63, 3.8) is 0 Å². The summed E-state index contributed by atoms with van der Waals surface area (Å²) in [6.07, 6.45) is 6.23. The highest BCUT2D eigenvalue weighted by Gasteiger charge is 2.19. The van der Waals surface area contributed by atoms with Gasteiger partial charge >= 0.3 is 0 Å². The molecular formula is C39H71N3O17. The number of hydrogen-bond donors (Lipinski definition) is 1. The first-order valence-corrected chi connectivity index (χ1v) is 20.7. The van der Waals surface area contributed by atoms with Crippen LogP contribution in [0.25, 0.3) is 0 Å². The van der Waals surface area contributed by atoms with Gasteiger partial charge in [0.1, 0.15) is 5.69 Å². The van der Waals surface area contributed by atoms with E-state index in [1.807, 2.05) is 0 Å². The van der Waals surface area contributed by atoms with Gasteiger partial charge in [0.05, 0.1) is 181 Å². The first kappa shape index (κ1) is 54.3. The smallest absolute Gasteiger partial charge is 0.299 e. The predicted molar refractivity (Wildman–Crippen MR) is 218 cm³/mol. The Hall–Kier alpha value is -2.70. The molecule has 0 aromatic heterocycles. The molecule has 1 aromatic rings. The topological polar surface area (TPSA) is 218 Å². The lowest BCUT2D eigenvalue weighted by molar-refractivity contribution is -0.393. The third-order valence-corrected chi connectivity index (χ3v) is 7.81. The van der Waals surface area contributed by atoms with Gasteiger partial charge in [0.2, 0.25) is 0 Å². The van der Waals surface area contributed by atoms with Crippen molar-refractivity contribution in [2.75, 3.05) is 184 Å². The quantitative estimate of drug-likeness (QED) is 0.0554. The first-order chi connectivity index (χ1) is 29.1. The van der Waals surface area contributed by atoms with Gasteiger partial charge in [-0.25, -0.2) is 0 Å². The van der Waals surface area contributed by atoms with E-state index < -0.39 is 9.85 Å². The molecule has 0 atom stereocenters. The number of benzene rings is 1. The number of nitrogens with zero attached hydrogens (tertiary/aromatic N) is 2. The van der Waals surface area contributed by atoms with E-state index in [9.17, 15) is 20.2 Å². The Morgan fingerprint density at radius 1 is 0.407 bits per heavy atom. The number of non-ortho nitro benzene ring substituents is 1. The molecule has 0 fully saturated rings. The lowest BCUT2D eigenvalue weighted by atomic mass is 10.2. The molecule has 0 saturated carbocycles. The number of nitro groups is 2. The van der Waals surface area contributed by atoms with Gasteiger partial charge < -0.3 is 66.9 Å². The van der Waals surface area contributed by atoms with E-state index in [0.29, 0.717) is 159 Å². The van der Waals surface area contributed by atoms with Gasteiger partial charge in [0.15, 0.2) is 0 Å². The number of nitro benzene ring substituents is 2. The number of rotatable bonds is 48. The van der Waals surface area contributed by atoms with Crippen LogP contribution in [0.1, 0.15) is 39.0 Å². The molecule has 0 amide bonds. The maximum Gasteiger partial charge on any atom is 0.299 e. The highest BCUT2D eigenvalue weighted by molar-refractivity contribution is 5.65. The van der Waals surface area contributed by atoms with Crippen LogP contribution in [0.4, 0.5) is 17.1 Å². The second-order valence-electron chi connectivity index (χ2n) is 12.5. The molecule has 20 heteroatoms. The van der Waals surface area contributed by atoms with Crippen molar-refractivity contribution in [2.45, 2.75) is 39.0 Å². The molecule has 0 spiro atoms. The fraction of sp³-hybridized carbons (Fsp3) is 0.846. The van der Waals surface area contributed by atoms with Gasteiger partial charge in [0, 0.05) is 19.2 Å². The first-order valence-electron chi connectivity index (χ1n) is 20.7. The molecule has 1 N–H and O–H groups in total. The summed E-state index contributed by atoms with van der Waals surface area (Å²) in [4.78, 5) is 20.6. The molecule has 344 valence electrons. The number of anilines is 1. The summed E-state index contributed by atoms with van der Waals surface area (Å²) in [6.45, 7) is 15.1. The van der Waals surface area contributed by atoms with Gasteiger partial charge in [-0.1, -0.05) is 32.6 Å². The van der Waals surface area contributed by atoms with Crippen molar-refractivity contribution < 1.29 is 71.4 Å². The Morgan fingerprint density at radius 3 is 1.02 bits per heavy atom. The zero-order valence-electron chi connectivity index (χ0n) is 35.2. The van der Waals surface area contributed by atoms with Crippen LogP contribution in [0, 0.1) is 20.2 Å². The molecule has 0 aliphatic heterocycles. The Labute approximate surface area is 349 Å². The van der Waals surface area contributed by atoms with Crippen molar-refractivity contribution in [2.24, 2.45) is 0 Å². The average molecular weight is 854 g/mol. The van der Waals surface area contributed by atoms with Gasteiger partial charge in [-0.2, -0.15) is 0 Å². The fourth-order valence-electron chi connectivity index (χ4n) is 4.74. The standard InChI is InChI=1S/C39H71N3O17/c1-2-3-4-5-6-10-47-12-14-49-16-18-51-20-22-53-24-26-55-28-30-57-32-34-59-35-33-58-31-29-56-27-25-54-23-21-52-19-17-50-15-13-48-11-9-40-38-8-7-37(41(43)44)36-39(38)42(45)46/h7-8,36,40H,2-6,9-35H2,1H3.